The molecular weight excluding hydrogens is 394 g/mol. The van der Waals surface area contributed by atoms with Crippen molar-refractivity contribution < 1.29 is 4.79 Å². The summed E-state index contributed by atoms with van der Waals surface area (Å²) in [6.45, 7) is 5.79. The number of hydrogen-bond acceptors (Lipinski definition) is 2. The maximum Gasteiger partial charge on any atom is 0.227 e. The zero-order valence-electron chi connectivity index (χ0n) is 18.8. The third kappa shape index (κ3) is 3.81. The molecule has 0 radical (unpaired) electrons. The quantitative estimate of drug-likeness (QED) is 0.393. The number of imidazole rings is 1. The summed E-state index contributed by atoms with van der Waals surface area (Å²) in [4.78, 5) is 20.0. The van der Waals surface area contributed by atoms with Crippen LogP contribution in [0.3, 0.4) is 0 Å². The molecule has 4 nitrogen and oxygen atoms in total. The monoisotopic (exact) mass is 423 g/mol. The zero-order valence-corrected chi connectivity index (χ0v) is 18.8. The van der Waals surface area contributed by atoms with Gasteiger partial charge < -0.3 is 9.47 Å². The van der Waals surface area contributed by atoms with Crippen molar-refractivity contribution in [1.82, 2.24) is 9.55 Å². The Morgan fingerprint density at radius 3 is 2.56 bits per heavy atom. The fourth-order valence-electron chi connectivity index (χ4n) is 4.87. The minimum atomic E-state index is 0.103. The lowest BCUT2D eigenvalue weighted by Gasteiger charge is -2.20. The van der Waals surface area contributed by atoms with E-state index in [1.54, 1.807) is 0 Å². The van der Waals surface area contributed by atoms with E-state index in [0.29, 0.717) is 13.0 Å². The summed E-state index contributed by atoms with van der Waals surface area (Å²) in [6.07, 6.45) is 2.58. The molecule has 0 N–H and O–H groups in total. The van der Waals surface area contributed by atoms with Crippen molar-refractivity contribution in [2.24, 2.45) is 0 Å². The minimum absolute atomic E-state index is 0.103. The molecule has 0 bridgehead atoms. The van der Waals surface area contributed by atoms with E-state index in [9.17, 15) is 4.79 Å². The Labute approximate surface area is 189 Å². The highest BCUT2D eigenvalue weighted by molar-refractivity contribution is 5.97. The highest BCUT2D eigenvalue weighted by Gasteiger charge is 2.35. The lowest BCUT2D eigenvalue weighted by atomic mass is 10.1. The number of amides is 1. The first-order chi connectivity index (χ1) is 15.6. The summed E-state index contributed by atoms with van der Waals surface area (Å²) in [7, 11) is 0. The van der Waals surface area contributed by atoms with Gasteiger partial charge in [0.2, 0.25) is 5.91 Å². The van der Waals surface area contributed by atoms with E-state index in [1.165, 1.54) is 16.7 Å². The molecule has 1 unspecified atom stereocenters. The normalized spacial score (nSPS) is 16.2. The Balaban J connectivity index is 1.43. The van der Waals surface area contributed by atoms with Crippen molar-refractivity contribution in [2.75, 3.05) is 11.4 Å². The number of fused-ring (bicyclic) bond motifs is 1. The fourth-order valence-corrected chi connectivity index (χ4v) is 4.87. The van der Waals surface area contributed by atoms with Gasteiger partial charge in [0.1, 0.15) is 5.82 Å². The van der Waals surface area contributed by atoms with Crippen molar-refractivity contribution >= 4 is 22.6 Å². The Bertz CT molecular complexity index is 1260. The molecule has 0 spiro atoms. The summed E-state index contributed by atoms with van der Waals surface area (Å²) in [5, 5.41) is 0. The van der Waals surface area contributed by atoms with E-state index in [2.05, 4.69) is 79.1 Å². The molecule has 0 saturated carbocycles. The largest absolute Gasteiger partial charge is 0.328 e. The summed E-state index contributed by atoms with van der Waals surface area (Å²) in [5.74, 6) is 1.33. The summed E-state index contributed by atoms with van der Waals surface area (Å²) in [6, 6.07) is 25.2. The van der Waals surface area contributed by atoms with Gasteiger partial charge in [-0.3, -0.25) is 4.79 Å². The first kappa shape index (κ1) is 20.5. The van der Waals surface area contributed by atoms with Crippen LogP contribution in [0.15, 0.2) is 72.8 Å². The average molecular weight is 424 g/mol. The molecule has 32 heavy (non-hydrogen) atoms. The molecule has 2 heterocycles. The number of anilines is 1. The van der Waals surface area contributed by atoms with Gasteiger partial charge in [0.25, 0.3) is 0 Å². The molecule has 4 aromatic rings. The third-order valence-corrected chi connectivity index (χ3v) is 6.73. The van der Waals surface area contributed by atoms with Gasteiger partial charge in [-0.1, -0.05) is 54.6 Å². The van der Waals surface area contributed by atoms with Gasteiger partial charge in [-0.2, -0.15) is 0 Å². The zero-order chi connectivity index (χ0) is 22.1. The molecule has 3 aromatic carbocycles. The van der Waals surface area contributed by atoms with Crippen molar-refractivity contribution in [3.8, 4) is 0 Å². The second-order valence-corrected chi connectivity index (χ2v) is 8.82. The summed E-state index contributed by atoms with van der Waals surface area (Å²) in [5.41, 5.74) is 6.96. The van der Waals surface area contributed by atoms with Crippen LogP contribution in [0.1, 0.15) is 41.3 Å². The minimum Gasteiger partial charge on any atom is -0.328 e. The van der Waals surface area contributed by atoms with E-state index in [0.717, 1.165) is 41.9 Å². The van der Waals surface area contributed by atoms with E-state index in [1.807, 2.05) is 17.0 Å². The van der Waals surface area contributed by atoms with Crippen LogP contribution in [-0.4, -0.2) is 22.0 Å². The number of aromatic nitrogens is 2. The third-order valence-electron chi connectivity index (χ3n) is 6.73. The van der Waals surface area contributed by atoms with E-state index >= 15 is 0 Å². The van der Waals surface area contributed by atoms with Crippen molar-refractivity contribution in [3.05, 3.63) is 95.3 Å². The predicted octanol–water partition coefficient (Wildman–Crippen LogP) is 5.81. The molecule has 1 atom stereocenters. The Morgan fingerprint density at radius 2 is 1.72 bits per heavy atom. The summed E-state index contributed by atoms with van der Waals surface area (Å²) >= 11 is 0. The maximum absolute atomic E-state index is 13.0. The van der Waals surface area contributed by atoms with Crippen LogP contribution in [0.25, 0.3) is 11.0 Å². The van der Waals surface area contributed by atoms with Crippen LogP contribution in [0, 0.1) is 13.8 Å². The molecule has 5 rings (SSSR count). The number of hydrogen-bond donors (Lipinski definition) is 0. The van der Waals surface area contributed by atoms with Gasteiger partial charge in [0.05, 0.1) is 11.0 Å². The van der Waals surface area contributed by atoms with E-state index in [-0.39, 0.29) is 11.8 Å². The number of carbonyl (C=O) groups excluding carboxylic acids is 1. The maximum atomic E-state index is 13.0. The van der Waals surface area contributed by atoms with Gasteiger partial charge >= 0.3 is 0 Å². The summed E-state index contributed by atoms with van der Waals surface area (Å²) < 4.78 is 2.35. The second-order valence-electron chi connectivity index (χ2n) is 8.82. The lowest BCUT2D eigenvalue weighted by Crippen LogP contribution is -2.25. The Hall–Kier alpha value is -3.40. The number of rotatable bonds is 6. The molecule has 0 aliphatic carbocycles. The highest BCUT2D eigenvalue weighted by atomic mass is 16.2. The van der Waals surface area contributed by atoms with Crippen LogP contribution in [0.4, 0.5) is 5.69 Å². The lowest BCUT2D eigenvalue weighted by molar-refractivity contribution is -0.117. The van der Waals surface area contributed by atoms with Crippen molar-refractivity contribution in [3.63, 3.8) is 0 Å². The first-order valence-corrected chi connectivity index (χ1v) is 11.5. The predicted molar refractivity (Wildman–Crippen MR) is 130 cm³/mol. The van der Waals surface area contributed by atoms with Gasteiger partial charge in [-0.15, -0.1) is 0 Å². The number of benzene rings is 3. The van der Waals surface area contributed by atoms with Crippen LogP contribution in [-0.2, 0) is 17.8 Å². The molecule has 1 aliphatic rings. The van der Waals surface area contributed by atoms with Crippen LogP contribution in [0.2, 0.25) is 0 Å². The standard InChI is InChI=1S/C28H29N3O/c1-20-10-8-16-25(21(20)2)31-19-23(18-27(31)32)28-29-24-14-6-7-15-26(24)30(28)17-9-13-22-11-4-3-5-12-22/h3-8,10-12,14-16,23H,9,13,17-19H2,1-2H3. The number of para-hydroxylation sites is 2. The van der Waals surface area contributed by atoms with Gasteiger partial charge in [0.15, 0.2) is 0 Å². The number of carbonyl (C=O) groups is 1. The molecule has 1 aromatic heterocycles. The molecule has 1 saturated heterocycles. The molecule has 1 fully saturated rings. The highest BCUT2D eigenvalue weighted by Crippen LogP contribution is 2.35. The van der Waals surface area contributed by atoms with E-state index in [4.69, 9.17) is 4.98 Å². The van der Waals surface area contributed by atoms with Crippen molar-refractivity contribution in [2.45, 2.75) is 45.6 Å². The molecule has 162 valence electrons. The SMILES string of the molecule is Cc1cccc(N2CC(c3nc4ccccc4n3CCCc3ccccc3)CC2=O)c1C. The van der Waals surface area contributed by atoms with E-state index < -0.39 is 0 Å². The second kappa shape index (κ2) is 8.62. The number of nitrogens with zero attached hydrogens (tertiary/aromatic N) is 3. The smallest absolute Gasteiger partial charge is 0.227 e. The Morgan fingerprint density at radius 1 is 0.938 bits per heavy atom. The van der Waals surface area contributed by atoms with Crippen LogP contribution < -0.4 is 4.90 Å². The molecule has 4 heteroatoms. The van der Waals surface area contributed by atoms with Gasteiger partial charge in [-0.25, -0.2) is 4.98 Å². The molecule has 1 aliphatic heterocycles. The number of aryl methyl sites for hydroxylation is 3. The Kier molecular flexibility index (Phi) is 5.52. The average Bonchev–Trinajstić information content (AvgIpc) is 3.37. The van der Waals surface area contributed by atoms with Crippen LogP contribution >= 0.6 is 0 Å². The molecular formula is C28H29N3O. The van der Waals surface area contributed by atoms with Gasteiger partial charge in [0, 0.05) is 31.1 Å². The van der Waals surface area contributed by atoms with Gasteiger partial charge in [-0.05, 0) is 61.6 Å². The fraction of sp³-hybridized carbons (Fsp3) is 0.286. The van der Waals surface area contributed by atoms with Crippen LogP contribution in [0.5, 0.6) is 0 Å². The van der Waals surface area contributed by atoms with Crippen molar-refractivity contribution in [1.29, 1.82) is 0 Å². The first-order valence-electron chi connectivity index (χ1n) is 11.5. The molecule has 1 amide bonds. The topological polar surface area (TPSA) is 38.1 Å².